The largest absolute Gasteiger partial charge is 0.484 e. The van der Waals surface area contributed by atoms with Gasteiger partial charge >= 0.3 is 0 Å². The lowest BCUT2D eigenvalue weighted by Gasteiger charge is -2.25. The highest BCUT2D eigenvalue weighted by Gasteiger charge is 2.27. The number of hydrogen-bond acceptors (Lipinski definition) is 12. The molecule has 12 heteroatoms. The number of furan rings is 1. The summed E-state index contributed by atoms with van der Waals surface area (Å²) in [6, 6.07) is 93.5. The zero-order valence-electron chi connectivity index (χ0n) is 54.5. The molecule has 11 aromatic carbocycles. The van der Waals surface area contributed by atoms with E-state index < -0.39 is 0 Å². The van der Waals surface area contributed by atoms with Crippen molar-refractivity contribution in [1.29, 1.82) is 0 Å². The first-order chi connectivity index (χ1) is 49.5. The van der Waals surface area contributed by atoms with Gasteiger partial charge in [-0.25, -0.2) is 0 Å². The van der Waals surface area contributed by atoms with E-state index in [2.05, 4.69) is 13.2 Å². The van der Waals surface area contributed by atoms with Crippen LogP contribution in [-0.4, -0.2) is 11.6 Å². The Morgan fingerprint density at radius 2 is 0.856 bits per heavy atom. The maximum atomic E-state index is 12.3. The molecule has 0 radical (unpaired) electrons. The van der Waals surface area contributed by atoms with Gasteiger partial charge in [0.05, 0.1) is 46.2 Å². The lowest BCUT2D eigenvalue weighted by Crippen LogP contribution is -2.20. The smallest absolute Gasteiger partial charge is 0.200 e. The molecule has 0 bridgehead atoms. The van der Waals surface area contributed by atoms with Crippen molar-refractivity contribution >= 4 is 67.6 Å². The molecule has 0 N–H and O–H groups in total. The maximum Gasteiger partial charge on any atom is 0.200 e. The van der Waals surface area contributed by atoms with E-state index in [9.17, 15) is 24.0 Å². The Morgan fingerprint density at radius 3 is 1.49 bits per heavy atom. The Bertz CT molecular complexity index is 5590. The molecule has 0 saturated carbocycles. The minimum absolute atomic E-state index is 0. The number of carbonyl (C=O) groups is 2. The van der Waals surface area contributed by atoms with Crippen molar-refractivity contribution in [3.8, 4) is 39.7 Å². The Labute approximate surface area is 603 Å². The van der Waals surface area contributed by atoms with Crippen LogP contribution in [0.5, 0.6) is 17.2 Å². The summed E-state index contributed by atoms with van der Waals surface area (Å²) in [6.45, 7) is 7.45. The highest BCUT2D eigenvalue weighted by molar-refractivity contribution is 6.09. The second-order valence-corrected chi connectivity index (χ2v) is 22.9. The van der Waals surface area contributed by atoms with Gasteiger partial charge in [-0.15, -0.1) is 0 Å². The van der Waals surface area contributed by atoms with Gasteiger partial charge in [-0.3, -0.25) is 24.0 Å². The third-order valence-electron chi connectivity index (χ3n) is 16.0. The van der Waals surface area contributed by atoms with Gasteiger partial charge in [0.2, 0.25) is 0 Å². The number of allylic oxidation sites excluding steroid dienone is 2. The number of rotatable bonds is 5. The predicted molar refractivity (Wildman–Crippen MR) is 420 cm³/mol. The van der Waals surface area contributed by atoms with Gasteiger partial charge in [-0.05, 0) is 102 Å². The summed E-state index contributed by atoms with van der Waals surface area (Å²) >= 11 is 0. The van der Waals surface area contributed by atoms with Gasteiger partial charge in [0.15, 0.2) is 27.9 Å². The normalized spacial score (nSPS) is 12.2. The van der Waals surface area contributed by atoms with Gasteiger partial charge in [0.1, 0.15) is 69.2 Å². The van der Waals surface area contributed by atoms with Crippen LogP contribution in [0.25, 0.3) is 78.5 Å². The molecule has 4 aromatic heterocycles. The van der Waals surface area contributed by atoms with E-state index >= 15 is 0 Å². The molecule has 3 aliphatic heterocycles. The van der Waals surface area contributed by atoms with Crippen LogP contribution in [0, 0.1) is 0 Å². The zero-order chi connectivity index (χ0) is 69.7. The third-order valence-corrected chi connectivity index (χ3v) is 16.0. The van der Waals surface area contributed by atoms with Crippen molar-refractivity contribution < 1.29 is 41.5 Å². The average molecular weight is 1370 g/mol. The third kappa shape index (κ3) is 19.0. The summed E-state index contributed by atoms with van der Waals surface area (Å²) in [5.74, 6) is 4.57. The molecule has 0 aliphatic carbocycles. The minimum atomic E-state index is -0.154. The quantitative estimate of drug-likeness (QED) is 0.150. The molecule has 0 fully saturated rings. The van der Waals surface area contributed by atoms with Crippen LogP contribution in [0.3, 0.4) is 0 Å². The van der Waals surface area contributed by atoms with Crippen molar-refractivity contribution in [2.75, 3.05) is 0 Å². The van der Waals surface area contributed by atoms with Crippen molar-refractivity contribution in [3.05, 3.63) is 423 Å². The SMILES string of the molecule is C.C.C.C=C1C=Cc2cc3ccoc3cc2O1.C=C1C=Cc2ccccc2O1.O=C(c1ccccc1)c1ccccc1.O=C1CC(c2ccccc2)Oc2ccccc21.O=c1c(-c2ccccc2)coc2ccccc12.O=c1cc(-c2ccccc2)oc2ccccc12.O=c1ccoc2ccccc12. The fourth-order valence-corrected chi connectivity index (χ4v) is 10.9. The van der Waals surface area contributed by atoms with Crippen LogP contribution < -0.4 is 30.5 Å². The summed E-state index contributed by atoms with van der Waals surface area (Å²) < 4.78 is 38.3. The number of hydrogen-bond donors (Lipinski definition) is 0. The number of Topliss-reactive ketones (excluding diaryl/α,β-unsaturated/α-hetero) is 1. The summed E-state index contributed by atoms with van der Waals surface area (Å²) in [6.07, 6.45) is 12.6. The fourth-order valence-electron chi connectivity index (χ4n) is 10.9. The molecule has 0 spiro atoms. The second kappa shape index (κ2) is 36.4. The highest BCUT2D eigenvalue weighted by Crippen LogP contribution is 2.35. The Kier molecular flexibility index (Phi) is 26.1. The molecule has 15 aromatic rings. The van der Waals surface area contributed by atoms with E-state index in [1.807, 2.05) is 285 Å². The molecule has 104 heavy (non-hydrogen) atoms. The Morgan fingerprint density at radius 1 is 0.375 bits per heavy atom. The van der Waals surface area contributed by atoms with E-state index in [1.165, 1.54) is 24.7 Å². The van der Waals surface area contributed by atoms with Gasteiger partial charge in [0, 0.05) is 51.4 Å². The highest BCUT2D eigenvalue weighted by atomic mass is 16.5. The molecule has 7 heterocycles. The maximum absolute atomic E-state index is 12.3. The summed E-state index contributed by atoms with van der Waals surface area (Å²) in [7, 11) is 0. The van der Waals surface area contributed by atoms with Crippen LogP contribution in [0.1, 0.15) is 77.8 Å². The van der Waals surface area contributed by atoms with Crippen molar-refractivity contribution in [3.63, 3.8) is 0 Å². The number of ketones is 2. The Balaban J connectivity index is 0.000000141. The first-order valence-corrected chi connectivity index (χ1v) is 32.3. The number of carbonyl (C=O) groups excluding carboxylic acids is 2. The van der Waals surface area contributed by atoms with E-state index in [1.54, 1.807) is 36.6 Å². The second-order valence-electron chi connectivity index (χ2n) is 22.9. The lowest BCUT2D eigenvalue weighted by molar-refractivity contribution is 0.0849. The Hall–Kier alpha value is -13.7. The summed E-state index contributed by atoms with van der Waals surface area (Å²) in [4.78, 5) is 59.1. The predicted octanol–water partition coefficient (Wildman–Crippen LogP) is 22.9. The molecule has 18 rings (SSSR count). The van der Waals surface area contributed by atoms with E-state index in [0.717, 1.165) is 61.4 Å². The van der Waals surface area contributed by atoms with Gasteiger partial charge in [0.25, 0.3) is 0 Å². The van der Waals surface area contributed by atoms with Crippen molar-refractivity contribution in [2.45, 2.75) is 34.8 Å². The van der Waals surface area contributed by atoms with Crippen LogP contribution in [0.2, 0.25) is 0 Å². The molecule has 0 amide bonds. The number of ether oxygens (including phenoxy) is 3. The molecule has 1 atom stereocenters. The zero-order valence-corrected chi connectivity index (χ0v) is 54.5. The molecule has 0 saturated heterocycles. The van der Waals surface area contributed by atoms with Gasteiger partial charge in [-0.1, -0.05) is 254 Å². The van der Waals surface area contributed by atoms with Crippen LogP contribution >= 0.6 is 0 Å². The molecular weight excluding hydrogens is 1300 g/mol. The van der Waals surface area contributed by atoms with Crippen LogP contribution in [-0.2, 0) is 0 Å². The van der Waals surface area contributed by atoms with E-state index in [-0.39, 0.29) is 56.2 Å². The lowest BCUT2D eigenvalue weighted by atomic mass is 9.96. The number of fused-ring (bicyclic) bond motifs is 7. The molecule has 12 nitrogen and oxygen atoms in total. The van der Waals surface area contributed by atoms with Crippen LogP contribution in [0.15, 0.2) is 391 Å². The van der Waals surface area contributed by atoms with Gasteiger partial charge < -0.3 is 31.9 Å². The average Bonchev–Trinajstić information content (AvgIpc) is 0.923. The van der Waals surface area contributed by atoms with Crippen molar-refractivity contribution in [1.82, 2.24) is 0 Å². The standard InChI is InChI=1S/C15H12O2.2C15H10O2.C13H10O.C12H8O2.C10H8O.C9H6O2.3CH4/c2*16-13-10-15(11-6-2-1-3-7-11)17-14-9-5-4-8-12(13)14;16-15-12-8-4-5-9-14(12)17-10-13(15)11-6-2-1-3-7-11;14-13(11-7-3-1-4-8-11)12-9-5-2-6-10-12;1-8-2-3-9-6-10-4-5-13-11(10)7-12(9)14-8;1-8-6-7-9-4-2-3-5-10(9)11-8;10-8-5-6-11-9-4-2-1-3-7(8)9;;;/h1-9,15H,10H2;2*1-10H;1-10H;2-7H,1H2;2-7H,1H2;1-6H;3*1H4. The van der Waals surface area contributed by atoms with Crippen molar-refractivity contribution in [2.24, 2.45) is 0 Å². The van der Waals surface area contributed by atoms with Gasteiger partial charge in [-0.2, -0.15) is 0 Å². The van der Waals surface area contributed by atoms with E-state index in [4.69, 9.17) is 31.9 Å². The topological polar surface area (TPSA) is 166 Å². The molecular formula is C92H76O12. The monoisotopic (exact) mass is 1370 g/mol. The first-order valence-electron chi connectivity index (χ1n) is 32.3. The summed E-state index contributed by atoms with van der Waals surface area (Å²) in [5.41, 5.74) is 10.5. The molecule has 1 unspecified atom stereocenters. The fraction of sp³-hybridized carbons (Fsp3) is 0.0543. The summed E-state index contributed by atoms with van der Waals surface area (Å²) in [5, 5.41) is 2.96. The van der Waals surface area contributed by atoms with E-state index in [0.29, 0.717) is 73.5 Å². The number of benzene rings is 11. The minimum Gasteiger partial charge on any atom is -0.484 e. The first kappa shape index (κ1) is 74.5. The molecule has 516 valence electrons. The number of para-hydroxylation sites is 5. The van der Waals surface area contributed by atoms with Crippen LogP contribution in [0.4, 0.5) is 0 Å². The molecule has 3 aliphatic rings.